The van der Waals surface area contributed by atoms with E-state index in [0.29, 0.717) is 12.8 Å². The summed E-state index contributed by atoms with van der Waals surface area (Å²) in [5.41, 5.74) is 0. The molecule has 0 aromatic carbocycles. The lowest BCUT2D eigenvalue weighted by Crippen LogP contribution is -2.60. The van der Waals surface area contributed by atoms with Gasteiger partial charge in [-0.3, -0.25) is 9.59 Å². The number of esters is 2. The van der Waals surface area contributed by atoms with E-state index in [4.69, 9.17) is 18.9 Å². The van der Waals surface area contributed by atoms with Crippen molar-refractivity contribution >= 4 is 17.9 Å². The molecule has 0 radical (unpaired) electrons. The molecule has 11 nitrogen and oxygen atoms in total. The van der Waals surface area contributed by atoms with E-state index < -0.39 is 61.3 Å². The number of carbonyl (C=O) groups excluding carboxylic acids is 2. The topological polar surface area (TPSA) is 169 Å². The number of aliphatic carboxylic acids is 1. The van der Waals surface area contributed by atoms with Gasteiger partial charge in [-0.15, -0.1) is 0 Å². The first kappa shape index (κ1) is 48.2. The summed E-state index contributed by atoms with van der Waals surface area (Å²) in [6.07, 6.45) is 27.4. The summed E-state index contributed by atoms with van der Waals surface area (Å²) in [4.78, 5) is 36.7. The van der Waals surface area contributed by atoms with E-state index in [1.165, 1.54) is 32.1 Å². The van der Waals surface area contributed by atoms with Gasteiger partial charge in [0.15, 0.2) is 18.5 Å². The highest BCUT2D eigenvalue weighted by atomic mass is 16.7. The molecule has 0 aliphatic carbocycles. The normalized spacial score (nSPS) is 21.3. The quantitative estimate of drug-likeness (QED) is 0.0301. The minimum Gasteiger partial charge on any atom is -0.479 e. The maximum atomic E-state index is 12.7. The van der Waals surface area contributed by atoms with Crippen molar-refractivity contribution in [3.8, 4) is 0 Å². The van der Waals surface area contributed by atoms with Crippen LogP contribution in [0.5, 0.6) is 0 Å². The average molecular weight is 751 g/mol. The summed E-state index contributed by atoms with van der Waals surface area (Å²) in [7, 11) is 0. The Bertz CT molecular complexity index is 1070. The third-order valence-electron chi connectivity index (χ3n) is 8.91. The summed E-state index contributed by atoms with van der Waals surface area (Å²) >= 11 is 0. The molecule has 53 heavy (non-hydrogen) atoms. The molecule has 1 aliphatic rings. The number of allylic oxidation sites excluding steroid dienone is 8. The minimum absolute atomic E-state index is 0.165. The Morgan fingerprint density at radius 3 is 1.72 bits per heavy atom. The lowest BCUT2D eigenvalue weighted by atomic mass is 9.99. The van der Waals surface area contributed by atoms with Gasteiger partial charge in [0.05, 0.1) is 6.61 Å². The van der Waals surface area contributed by atoms with Crippen LogP contribution in [0.25, 0.3) is 0 Å². The van der Waals surface area contributed by atoms with Crippen molar-refractivity contribution in [2.75, 3.05) is 13.2 Å². The van der Waals surface area contributed by atoms with E-state index >= 15 is 0 Å². The van der Waals surface area contributed by atoms with Crippen LogP contribution in [0.4, 0.5) is 0 Å². The van der Waals surface area contributed by atoms with Crippen LogP contribution in [0.1, 0.15) is 149 Å². The van der Waals surface area contributed by atoms with Gasteiger partial charge in [-0.1, -0.05) is 114 Å². The van der Waals surface area contributed by atoms with Gasteiger partial charge in [0.1, 0.15) is 24.9 Å². The van der Waals surface area contributed by atoms with Crippen molar-refractivity contribution < 1.29 is 53.8 Å². The Kier molecular flexibility index (Phi) is 29.6. The third kappa shape index (κ3) is 25.0. The number of rotatable bonds is 32. The first-order valence-electron chi connectivity index (χ1n) is 20.2. The first-order valence-corrected chi connectivity index (χ1v) is 20.2. The molecular formula is C42H70O11. The van der Waals surface area contributed by atoms with Crippen LogP contribution in [-0.2, 0) is 33.3 Å². The highest BCUT2D eigenvalue weighted by molar-refractivity contribution is 5.73. The van der Waals surface area contributed by atoms with Gasteiger partial charge in [-0.05, 0) is 70.6 Å². The van der Waals surface area contributed by atoms with Gasteiger partial charge in [0.25, 0.3) is 0 Å². The van der Waals surface area contributed by atoms with E-state index in [1.54, 1.807) is 0 Å². The Morgan fingerprint density at radius 1 is 0.604 bits per heavy atom. The van der Waals surface area contributed by atoms with Gasteiger partial charge in [0.2, 0.25) is 0 Å². The van der Waals surface area contributed by atoms with Gasteiger partial charge in [0, 0.05) is 12.8 Å². The number of hydrogen-bond donors (Lipinski definition) is 4. The Hall–Kier alpha value is -2.83. The highest BCUT2D eigenvalue weighted by Crippen LogP contribution is 2.23. The van der Waals surface area contributed by atoms with Crippen LogP contribution in [0.3, 0.4) is 0 Å². The van der Waals surface area contributed by atoms with Gasteiger partial charge in [-0.25, -0.2) is 4.79 Å². The molecule has 0 aromatic heterocycles. The predicted octanol–water partition coefficient (Wildman–Crippen LogP) is 7.81. The zero-order valence-corrected chi connectivity index (χ0v) is 32.5. The van der Waals surface area contributed by atoms with E-state index in [0.717, 1.165) is 77.0 Å². The lowest BCUT2D eigenvalue weighted by molar-refractivity contribution is -0.298. The molecule has 0 bridgehead atoms. The van der Waals surface area contributed by atoms with Gasteiger partial charge < -0.3 is 39.4 Å². The summed E-state index contributed by atoms with van der Waals surface area (Å²) in [5, 5.41) is 39.7. The van der Waals surface area contributed by atoms with Crippen LogP contribution in [-0.4, -0.2) is 88.4 Å². The number of aliphatic hydroxyl groups excluding tert-OH is 3. The molecule has 0 saturated carbocycles. The summed E-state index contributed by atoms with van der Waals surface area (Å²) in [6.45, 7) is 3.63. The van der Waals surface area contributed by atoms with Crippen molar-refractivity contribution in [3.05, 3.63) is 48.6 Å². The molecule has 1 fully saturated rings. The molecule has 1 aliphatic heterocycles. The predicted molar refractivity (Wildman–Crippen MR) is 206 cm³/mol. The monoisotopic (exact) mass is 750 g/mol. The molecule has 304 valence electrons. The minimum atomic E-state index is -1.87. The van der Waals surface area contributed by atoms with Crippen LogP contribution in [0, 0.1) is 0 Å². The standard InChI is InChI=1S/C42H70O11/c1-3-5-7-9-11-13-15-17-19-21-23-25-27-29-31-36(44)52-34(33-51-42-39(47)37(45)38(46)40(53-42)41(48)49)32-50-35(43)30-28-26-24-22-20-18-16-14-12-10-8-6-4-2/h6,8,12,14-15,17-18,20,34,37-40,42,45-47H,3-5,7,9-11,13,16,19,21-33H2,1-2H3,(H,48,49)/b8-6-,14-12-,17-15-,20-18-. The lowest BCUT2D eigenvalue weighted by Gasteiger charge is -2.38. The second kappa shape index (κ2) is 32.6. The first-order chi connectivity index (χ1) is 25.7. The van der Waals surface area contributed by atoms with Crippen molar-refractivity contribution in [2.24, 2.45) is 0 Å². The number of hydrogen-bond acceptors (Lipinski definition) is 10. The van der Waals surface area contributed by atoms with E-state index in [9.17, 15) is 34.8 Å². The van der Waals surface area contributed by atoms with Crippen LogP contribution in [0.2, 0.25) is 0 Å². The second-order valence-electron chi connectivity index (χ2n) is 13.7. The number of carboxylic acid groups (broad SMARTS) is 1. The van der Waals surface area contributed by atoms with Crippen LogP contribution in [0.15, 0.2) is 48.6 Å². The molecule has 1 rings (SSSR count). The Morgan fingerprint density at radius 2 is 1.11 bits per heavy atom. The maximum Gasteiger partial charge on any atom is 0.335 e. The van der Waals surface area contributed by atoms with Crippen molar-refractivity contribution in [3.63, 3.8) is 0 Å². The maximum absolute atomic E-state index is 12.7. The SMILES string of the molecule is CC/C=C\C/C=C\C/C=C\CCCCCC(=O)OCC(COC1OC(C(=O)O)C(O)C(O)C1O)OC(=O)CCCCCCC/C=C\CCCCCCC. The molecule has 6 unspecified atom stereocenters. The van der Waals surface area contributed by atoms with Crippen molar-refractivity contribution in [1.29, 1.82) is 0 Å². The van der Waals surface area contributed by atoms with E-state index in [1.807, 2.05) is 0 Å². The van der Waals surface area contributed by atoms with Crippen LogP contribution < -0.4 is 0 Å². The molecule has 1 saturated heterocycles. The summed E-state index contributed by atoms with van der Waals surface area (Å²) in [5.74, 6) is -2.50. The fraction of sp³-hybridized carbons (Fsp3) is 0.738. The number of carbonyl (C=O) groups is 3. The summed E-state index contributed by atoms with van der Waals surface area (Å²) < 4.78 is 21.6. The largest absolute Gasteiger partial charge is 0.479 e. The van der Waals surface area contributed by atoms with Gasteiger partial charge >= 0.3 is 17.9 Å². The Balaban J connectivity index is 2.46. The molecule has 1 heterocycles. The molecule has 11 heteroatoms. The zero-order chi connectivity index (χ0) is 38.9. The van der Waals surface area contributed by atoms with E-state index in [2.05, 4.69) is 62.5 Å². The highest BCUT2D eigenvalue weighted by Gasteiger charge is 2.47. The fourth-order valence-corrected chi connectivity index (χ4v) is 5.71. The fourth-order valence-electron chi connectivity index (χ4n) is 5.71. The molecule has 0 spiro atoms. The Labute approximate surface area is 318 Å². The number of ether oxygens (including phenoxy) is 4. The van der Waals surface area contributed by atoms with Crippen molar-refractivity contribution in [2.45, 2.75) is 185 Å². The smallest absolute Gasteiger partial charge is 0.335 e. The molecule has 0 aromatic rings. The number of unbranched alkanes of at least 4 members (excludes halogenated alkanes) is 13. The molecule has 0 amide bonds. The van der Waals surface area contributed by atoms with E-state index in [-0.39, 0.29) is 19.4 Å². The number of carboxylic acids is 1. The van der Waals surface area contributed by atoms with Crippen molar-refractivity contribution in [1.82, 2.24) is 0 Å². The van der Waals surface area contributed by atoms with Gasteiger partial charge in [-0.2, -0.15) is 0 Å². The zero-order valence-electron chi connectivity index (χ0n) is 32.5. The molecule has 4 N–H and O–H groups in total. The number of aliphatic hydroxyl groups is 3. The van der Waals surface area contributed by atoms with Crippen LogP contribution >= 0.6 is 0 Å². The molecular weight excluding hydrogens is 680 g/mol. The average Bonchev–Trinajstić information content (AvgIpc) is 3.14. The molecule has 6 atom stereocenters. The summed E-state index contributed by atoms with van der Waals surface area (Å²) in [6, 6.07) is 0. The third-order valence-corrected chi connectivity index (χ3v) is 8.91. The second-order valence-corrected chi connectivity index (χ2v) is 13.7.